The molecule has 2 rings (SSSR count). The average molecular weight is 269 g/mol. The molecule has 20 heavy (non-hydrogen) atoms. The number of hydrogen-bond acceptors (Lipinski definition) is 2. The van der Waals surface area contributed by atoms with Gasteiger partial charge in [0, 0.05) is 16.9 Å². The molecule has 3 amide bonds. The molecule has 5 heteroatoms. The van der Waals surface area contributed by atoms with Crippen LogP contribution in [0.4, 0.5) is 16.2 Å². The predicted octanol–water partition coefficient (Wildman–Crippen LogP) is 2.74. The number of amides is 3. The van der Waals surface area contributed by atoms with Gasteiger partial charge in [-0.25, -0.2) is 4.79 Å². The van der Waals surface area contributed by atoms with Crippen LogP contribution < -0.4 is 16.4 Å². The van der Waals surface area contributed by atoms with E-state index in [9.17, 15) is 9.59 Å². The van der Waals surface area contributed by atoms with Gasteiger partial charge >= 0.3 is 6.03 Å². The van der Waals surface area contributed by atoms with Crippen LogP contribution in [0, 0.1) is 6.92 Å². The summed E-state index contributed by atoms with van der Waals surface area (Å²) in [6, 6.07) is 13.7. The molecule has 0 aliphatic heterocycles. The van der Waals surface area contributed by atoms with Gasteiger partial charge in [0.05, 0.1) is 0 Å². The molecule has 102 valence electrons. The van der Waals surface area contributed by atoms with Crippen molar-refractivity contribution in [2.75, 3.05) is 10.6 Å². The molecule has 2 aromatic rings. The van der Waals surface area contributed by atoms with E-state index >= 15 is 0 Å². The van der Waals surface area contributed by atoms with Gasteiger partial charge in [0.1, 0.15) is 0 Å². The number of nitrogens with two attached hydrogens (primary N) is 1. The van der Waals surface area contributed by atoms with Gasteiger partial charge in [-0.15, -0.1) is 0 Å². The Labute approximate surface area is 116 Å². The standard InChI is InChI=1S/C15H15N3O2/c1-10-9-12(7-8-13(10)14(16)19)18-15(20)17-11-5-3-2-4-6-11/h2-9H,1H3,(H2,16,19)(H2,17,18,20). The van der Waals surface area contributed by atoms with Crippen LogP contribution in [0.5, 0.6) is 0 Å². The second kappa shape index (κ2) is 5.88. The van der Waals surface area contributed by atoms with E-state index in [4.69, 9.17) is 5.73 Å². The van der Waals surface area contributed by atoms with Gasteiger partial charge in [-0.3, -0.25) is 4.79 Å². The van der Waals surface area contributed by atoms with Gasteiger partial charge < -0.3 is 16.4 Å². The third-order valence-corrected chi connectivity index (χ3v) is 2.78. The number of carbonyl (C=O) groups is 2. The first-order valence-corrected chi connectivity index (χ1v) is 6.10. The number of rotatable bonds is 3. The lowest BCUT2D eigenvalue weighted by Gasteiger charge is -2.09. The highest BCUT2D eigenvalue weighted by atomic mass is 16.2. The van der Waals surface area contributed by atoms with Crippen LogP contribution in [0.2, 0.25) is 0 Å². The van der Waals surface area contributed by atoms with Gasteiger partial charge in [-0.2, -0.15) is 0 Å². The molecule has 0 bridgehead atoms. The molecule has 0 saturated heterocycles. The van der Waals surface area contributed by atoms with E-state index < -0.39 is 5.91 Å². The van der Waals surface area contributed by atoms with Gasteiger partial charge in [0.15, 0.2) is 0 Å². The zero-order chi connectivity index (χ0) is 14.5. The molecule has 0 saturated carbocycles. The number of carbonyl (C=O) groups excluding carboxylic acids is 2. The van der Waals surface area contributed by atoms with Gasteiger partial charge in [0.25, 0.3) is 0 Å². The molecule has 0 atom stereocenters. The first-order valence-electron chi connectivity index (χ1n) is 6.10. The largest absolute Gasteiger partial charge is 0.366 e. The molecule has 0 aliphatic carbocycles. The van der Waals surface area contributed by atoms with E-state index in [0.29, 0.717) is 16.9 Å². The SMILES string of the molecule is Cc1cc(NC(=O)Nc2ccccc2)ccc1C(N)=O. The van der Waals surface area contributed by atoms with Crippen LogP contribution >= 0.6 is 0 Å². The van der Waals surface area contributed by atoms with Crippen molar-refractivity contribution in [3.63, 3.8) is 0 Å². The maximum Gasteiger partial charge on any atom is 0.323 e. The smallest absolute Gasteiger partial charge is 0.323 e. The molecule has 5 nitrogen and oxygen atoms in total. The molecule has 4 N–H and O–H groups in total. The predicted molar refractivity (Wildman–Crippen MR) is 78.8 cm³/mol. The summed E-state index contributed by atoms with van der Waals surface area (Å²) in [4.78, 5) is 22.9. The van der Waals surface area contributed by atoms with E-state index in [1.807, 2.05) is 18.2 Å². The zero-order valence-electron chi connectivity index (χ0n) is 11.0. The van der Waals surface area contributed by atoms with Crippen molar-refractivity contribution >= 4 is 23.3 Å². The average Bonchev–Trinajstić information content (AvgIpc) is 2.39. The summed E-state index contributed by atoms with van der Waals surface area (Å²) >= 11 is 0. The van der Waals surface area contributed by atoms with Crippen molar-refractivity contribution in [3.05, 3.63) is 59.7 Å². The summed E-state index contributed by atoms with van der Waals surface area (Å²) in [6.07, 6.45) is 0. The highest BCUT2D eigenvalue weighted by Crippen LogP contribution is 2.15. The second-order valence-corrected chi connectivity index (χ2v) is 4.34. The van der Waals surface area contributed by atoms with Crippen LogP contribution in [0.15, 0.2) is 48.5 Å². The molecule has 2 aromatic carbocycles. The molecule has 0 aliphatic rings. The molecule has 0 radical (unpaired) electrons. The minimum absolute atomic E-state index is 0.345. The quantitative estimate of drug-likeness (QED) is 0.800. The van der Waals surface area contributed by atoms with Crippen LogP contribution in [-0.4, -0.2) is 11.9 Å². The maximum absolute atomic E-state index is 11.8. The van der Waals surface area contributed by atoms with Crippen LogP contribution in [0.25, 0.3) is 0 Å². The van der Waals surface area contributed by atoms with E-state index in [1.165, 1.54) is 0 Å². The monoisotopic (exact) mass is 269 g/mol. The van der Waals surface area contributed by atoms with Crippen molar-refractivity contribution < 1.29 is 9.59 Å². The Morgan fingerprint density at radius 3 is 2.20 bits per heavy atom. The summed E-state index contributed by atoms with van der Waals surface area (Å²) in [6.45, 7) is 1.76. The maximum atomic E-state index is 11.8. The number of primary amides is 1. The number of urea groups is 1. The molecule has 0 unspecified atom stereocenters. The van der Waals surface area contributed by atoms with Crippen molar-refractivity contribution in [2.45, 2.75) is 6.92 Å². The number of benzene rings is 2. The fourth-order valence-electron chi connectivity index (χ4n) is 1.83. The Morgan fingerprint density at radius 2 is 1.60 bits per heavy atom. The topological polar surface area (TPSA) is 84.2 Å². The summed E-state index contributed by atoms with van der Waals surface area (Å²) in [5.41, 5.74) is 7.69. The molecule has 0 fully saturated rings. The lowest BCUT2D eigenvalue weighted by Crippen LogP contribution is -2.20. The van der Waals surface area contributed by atoms with Crippen molar-refractivity contribution in [3.8, 4) is 0 Å². The summed E-state index contributed by atoms with van der Waals surface area (Å²) in [5, 5.41) is 5.40. The number of anilines is 2. The van der Waals surface area contributed by atoms with Gasteiger partial charge in [-0.05, 0) is 42.8 Å². The van der Waals surface area contributed by atoms with E-state index in [-0.39, 0.29) is 6.03 Å². The molecular formula is C15H15N3O2. The molecule has 0 heterocycles. The first kappa shape index (κ1) is 13.6. The van der Waals surface area contributed by atoms with Crippen molar-refractivity contribution in [1.29, 1.82) is 0 Å². The fraction of sp³-hybridized carbons (Fsp3) is 0.0667. The number of hydrogen-bond donors (Lipinski definition) is 3. The van der Waals surface area contributed by atoms with E-state index in [0.717, 1.165) is 5.56 Å². The Balaban J connectivity index is 2.05. The van der Waals surface area contributed by atoms with Crippen molar-refractivity contribution in [1.82, 2.24) is 0 Å². The van der Waals surface area contributed by atoms with Gasteiger partial charge in [0.2, 0.25) is 5.91 Å². The Hall–Kier alpha value is -2.82. The fourth-order valence-corrected chi connectivity index (χ4v) is 1.83. The summed E-state index contributed by atoms with van der Waals surface area (Å²) in [7, 11) is 0. The lowest BCUT2D eigenvalue weighted by atomic mass is 10.1. The van der Waals surface area contributed by atoms with Crippen LogP contribution in [0.3, 0.4) is 0 Å². The van der Waals surface area contributed by atoms with Crippen LogP contribution in [-0.2, 0) is 0 Å². The van der Waals surface area contributed by atoms with Crippen molar-refractivity contribution in [2.24, 2.45) is 5.73 Å². The molecule has 0 aromatic heterocycles. The Kier molecular flexibility index (Phi) is 4.00. The summed E-state index contributed by atoms with van der Waals surface area (Å²) in [5.74, 6) is -0.484. The van der Waals surface area contributed by atoms with E-state index in [2.05, 4.69) is 10.6 Å². The number of nitrogens with one attached hydrogen (secondary N) is 2. The third-order valence-electron chi connectivity index (χ3n) is 2.78. The normalized spacial score (nSPS) is 9.85. The Bertz CT molecular complexity index is 639. The number of para-hydroxylation sites is 1. The second-order valence-electron chi connectivity index (χ2n) is 4.34. The first-order chi connectivity index (χ1) is 9.56. The van der Waals surface area contributed by atoms with Crippen LogP contribution in [0.1, 0.15) is 15.9 Å². The van der Waals surface area contributed by atoms with Gasteiger partial charge in [-0.1, -0.05) is 18.2 Å². The Morgan fingerprint density at radius 1 is 0.950 bits per heavy atom. The third kappa shape index (κ3) is 3.35. The lowest BCUT2D eigenvalue weighted by molar-refractivity contribution is 0.0999. The minimum atomic E-state index is -0.484. The van der Waals surface area contributed by atoms with E-state index in [1.54, 1.807) is 37.3 Å². The molecular weight excluding hydrogens is 254 g/mol. The molecule has 0 spiro atoms. The zero-order valence-corrected chi connectivity index (χ0v) is 11.0. The summed E-state index contributed by atoms with van der Waals surface area (Å²) < 4.78 is 0. The minimum Gasteiger partial charge on any atom is -0.366 e. The number of aryl methyl sites for hydroxylation is 1. The highest BCUT2D eigenvalue weighted by molar-refractivity contribution is 6.00. The highest BCUT2D eigenvalue weighted by Gasteiger charge is 2.07.